The molecular weight excluding hydrogens is 502 g/mol. The highest BCUT2D eigenvalue weighted by Gasteiger charge is 2.26. The quantitative estimate of drug-likeness (QED) is 0.323. The number of carbonyl (C=O) groups excluding carboxylic acids is 1. The number of aliphatic hydroxyl groups excluding tert-OH is 1. The number of aromatic amines is 1. The van der Waals surface area contributed by atoms with Gasteiger partial charge in [-0.1, -0.05) is 12.1 Å². The van der Waals surface area contributed by atoms with Crippen LogP contribution in [0.5, 0.6) is 0 Å². The molecule has 1 fully saturated rings. The molecule has 1 aromatic heterocycles. The predicted molar refractivity (Wildman–Crippen MR) is 135 cm³/mol. The molecular formula is C24H27N5O7S. The molecule has 0 saturated carbocycles. The van der Waals surface area contributed by atoms with Gasteiger partial charge in [-0.3, -0.25) is 14.7 Å². The second-order valence-electron chi connectivity index (χ2n) is 8.39. The third kappa shape index (κ3) is 5.14. The number of anilines is 1. The highest BCUT2D eigenvalue weighted by molar-refractivity contribution is 7.89. The molecule has 196 valence electrons. The fraction of sp³-hybridized carbons (Fsp3) is 0.292. The summed E-state index contributed by atoms with van der Waals surface area (Å²) in [6.07, 6.45) is -0.0993. The van der Waals surface area contributed by atoms with E-state index in [0.29, 0.717) is 43.1 Å². The number of carboxylic acid groups (broad SMARTS) is 1. The van der Waals surface area contributed by atoms with Crippen molar-refractivity contribution in [2.75, 3.05) is 44.7 Å². The fourth-order valence-electron chi connectivity index (χ4n) is 4.32. The van der Waals surface area contributed by atoms with Crippen LogP contribution in [0.2, 0.25) is 0 Å². The minimum atomic E-state index is -3.63. The average molecular weight is 530 g/mol. The van der Waals surface area contributed by atoms with Crippen molar-refractivity contribution in [1.82, 2.24) is 19.4 Å². The summed E-state index contributed by atoms with van der Waals surface area (Å²) in [5, 5.41) is 21.1. The van der Waals surface area contributed by atoms with Crippen LogP contribution in [0.4, 0.5) is 5.69 Å². The topological polar surface area (TPSA) is 165 Å². The van der Waals surface area contributed by atoms with Crippen LogP contribution in [-0.4, -0.2) is 85.0 Å². The van der Waals surface area contributed by atoms with Crippen LogP contribution < -0.4 is 15.2 Å². The number of para-hydroxylation sites is 1. The smallest absolute Gasteiger partial charge is 0.354 e. The molecule has 13 heteroatoms. The van der Waals surface area contributed by atoms with Gasteiger partial charge in [0, 0.05) is 44.8 Å². The Hall–Kier alpha value is -3.94. The van der Waals surface area contributed by atoms with Crippen LogP contribution in [0.1, 0.15) is 26.4 Å². The molecule has 3 aromatic rings. The van der Waals surface area contributed by atoms with Crippen molar-refractivity contribution in [2.24, 2.45) is 0 Å². The van der Waals surface area contributed by atoms with Crippen molar-refractivity contribution in [2.45, 2.75) is 11.3 Å². The Kier molecular flexibility index (Phi) is 7.47. The van der Waals surface area contributed by atoms with E-state index >= 15 is 0 Å². The number of nitrogens with zero attached hydrogens (tertiary/aromatic N) is 3. The molecule has 12 nitrogen and oxygen atoms in total. The maximum absolute atomic E-state index is 13.1. The van der Waals surface area contributed by atoms with E-state index in [2.05, 4.69) is 9.82 Å². The van der Waals surface area contributed by atoms with E-state index in [0.717, 1.165) is 4.68 Å². The van der Waals surface area contributed by atoms with E-state index in [4.69, 9.17) is 5.11 Å². The molecule has 0 radical (unpaired) electrons. The van der Waals surface area contributed by atoms with E-state index in [9.17, 15) is 27.9 Å². The Morgan fingerprint density at radius 2 is 1.68 bits per heavy atom. The summed E-state index contributed by atoms with van der Waals surface area (Å²) >= 11 is 0. The standard InChI is InChI=1S/C24H27N5O7S/c1-25-37(35,36)20-5-3-2-4-19(20)27-11-13-28(14-12-27)22(31)16-6-8-17(9-7-16)29-23(32)18(10-15-30)21(26-29)24(33)34/h2-9,25-26,30H,10-15H2,1H3,(H,33,34). The number of amides is 1. The normalized spacial score (nSPS) is 14.1. The molecule has 4 N–H and O–H groups in total. The first-order valence-electron chi connectivity index (χ1n) is 11.5. The molecule has 37 heavy (non-hydrogen) atoms. The largest absolute Gasteiger partial charge is 0.477 e. The molecule has 2 aromatic carbocycles. The van der Waals surface area contributed by atoms with Crippen LogP contribution in [0.25, 0.3) is 5.69 Å². The molecule has 0 bridgehead atoms. The Labute approximate surface area is 212 Å². The molecule has 4 rings (SSSR count). The average Bonchev–Trinajstić information content (AvgIpc) is 3.25. The van der Waals surface area contributed by atoms with Crippen LogP contribution >= 0.6 is 0 Å². The molecule has 0 aliphatic carbocycles. The van der Waals surface area contributed by atoms with Gasteiger partial charge in [-0.25, -0.2) is 22.6 Å². The third-order valence-corrected chi connectivity index (χ3v) is 7.73. The monoisotopic (exact) mass is 529 g/mol. The number of carbonyl (C=O) groups is 2. The minimum absolute atomic E-state index is 0.0304. The Morgan fingerprint density at radius 1 is 1.03 bits per heavy atom. The predicted octanol–water partition coefficient (Wildman–Crippen LogP) is 0.269. The first-order chi connectivity index (χ1) is 17.7. The van der Waals surface area contributed by atoms with Gasteiger partial charge >= 0.3 is 5.97 Å². The summed E-state index contributed by atoms with van der Waals surface area (Å²) < 4.78 is 28.2. The van der Waals surface area contributed by atoms with Gasteiger partial charge < -0.3 is 20.0 Å². The summed E-state index contributed by atoms with van der Waals surface area (Å²) in [6.45, 7) is 1.30. The Bertz CT molecular complexity index is 1470. The summed E-state index contributed by atoms with van der Waals surface area (Å²) in [5.74, 6) is -1.52. The lowest BCUT2D eigenvalue weighted by molar-refractivity contribution is 0.0687. The number of H-pyrrole nitrogens is 1. The van der Waals surface area contributed by atoms with Crippen molar-refractivity contribution >= 4 is 27.6 Å². The molecule has 1 saturated heterocycles. The molecule has 1 amide bonds. The van der Waals surface area contributed by atoms with E-state index in [1.807, 2.05) is 4.90 Å². The summed E-state index contributed by atoms with van der Waals surface area (Å²) in [6, 6.07) is 12.9. The molecule has 0 atom stereocenters. The summed E-state index contributed by atoms with van der Waals surface area (Å²) in [7, 11) is -2.27. The Morgan fingerprint density at radius 3 is 2.27 bits per heavy atom. The maximum Gasteiger partial charge on any atom is 0.354 e. The number of aromatic carboxylic acids is 1. The van der Waals surface area contributed by atoms with Gasteiger partial charge in [0.15, 0.2) is 0 Å². The van der Waals surface area contributed by atoms with E-state index in [1.54, 1.807) is 41.3 Å². The number of hydrogen-bond donors (Lipinski definition) is 4. The number of hydrogen-bond acceptors (Lipinski definition) is 7. The number of benzene rings is 2. The van der Waals surface area contributed by atoms with E-state index in [-0.39, 0.29) is 35.1 Å². The fourth-order valence-corrected chi connectivity index (χ4v) is 5.27. The zero-order valence-corrected chi connectivity index (χ0v) is 20.9. The number of rotatable bonds is 8. The number of aromatic nitrogens is 2. The lowest BCUT2D eigenvalue weighted by Gasteiger charge is -2.36. The summed E-state index contributed by atoms with van der Waals surface area (Å²) in [5.41, 5.74) is 0.413. The first kappa shape index (κ1) is 26.1. The van der Waals surface area contributed by atoms with Crippen molar-refractivity contribution in [3.63, 3.8) is 0 Å². The SMILES string of the molecule is CNS(=O)(=O)c1ccccc1N1CCN(C(=O)c2ccc(-n3[nH]c(C(=O)O)c(CCO)c3=O)cc2)CC1. The number of aliphatic hydroxyl groups is 1. The van der Waals surface area contributed by atoms with Crippen LogP contribution in [0, 0.1) is 0 Å². The number of carboxylic acids is 1. The zero-order valence-electron chi connectivity index (χ0n) is 20.0. The second-order valence-corrected chi connectivity index (χ2v) is 10.2. The lowest BCUT2D eigenvalue weighted by atomic mass is 10.1. The highest BCUT2D eigenvalue weighted by atomic mass is 32.2. The van der Waals surface area contributed by atoms with Gasteiger partial charge in [0.1, 0.15) is 10.6 Å². The zero-order chi connectivity index (χ0) is 26.7. The highest BCUT2D eigenvalue weighted by Crippen LogP contribution is 2.26. The van der Waals surface area contributed by atoms with Crippen molar-refractivity contribution in [1.29, 1.82) is 0 Å². The number of nitrogens with one attached hydrogen (secondary N) is 2. The molecule has 0 spiro atoms. The van der Waals surface area contributed by atoms with Crippen molar-refractivity contribution < 1.29 is 28.2 Å². The minimum Gasteiger partial charge on any atom is -0.477 e. The van der Waals surface area contributed by atoms with Gasteiger partial charge in [0.05, 0.1) is 16.9 Å². The van der Waals surface area contributed by atoms with E-state index in [1.165, 1.54) is 19.2 Å². The van der Waals surface area contributed by atoms with Crippen LogP contribution in [0.3, 0.4) is 0 Å². The maximum atomic E-state index is 13.1. The van der Waals surface area contributed by atoms with Crippen LogP contribution in [0.15, 0.2) is 58.2 Å². The number of piperazine rings is 1. The van der Waals surface area contributed by atoms with Gasteiger partial charge in [0.25, 0.3) is 11.5 Å². The first-order valence-corrected chi connectivity index (χ1v) is 13.0. The molecule has 1 aliphatic rings. The number of sulfonamides is 1. The summed E-state index contributed by atoms with van der Waals surface area (Å²) in [4.78, 5) is 41.0. The van der Waals surface area contributed by atoms with Gasteiger partial charge in [-0.2, -0.15) is 0 Å². The van der Waals surface area contributed by atoms with Crippen molar-refractivity contribution in [3.05, 3.63) is 75.7 Å². The van der Waals surface area contributed by atoms with Gasteiger partial charge in [-0.05, 0) is 43.4 Å². The van der Waals surface area contributed by atoms with Gasteiger partial charge in [-0.15, -0.1) is 0 Å². The van der Waals surface area contributed by atoms with E-state index < -0.39 is 21.6 Å². The van der Waals surface area contributed by atoms with Crippen molar-refractivity contribution in [3.8, 4) is 5.69 Å². The Balaban J connectivity index is 1.48. The molecule has 1 aliphatic heterocycles. The van der Waals surface area contributed by atoms with Gasteiger partial charge in [0.2, 0.25) is 10.0 Å². The van der Waals surface area contributed by atoms with Crippen LogP contribution in [-0.2, 0) is 16.4 Å². The molecule has 0 unspecified atom stereocenters. The third-order valence-electron chi connectivity index (χ3n) is 6.27. The molecule has 2 heterocycles. The second kappa shape index (κ2) is 10.6. The lowest BCUT2D eigenvalue weighted by Crippen LogP contribution is -2.49.